The highest BCUT2D eigenvalue weighted by atomic mass is 16.3. The second kappa shape index (κ2) is 6.19. The Bertz CT molecular complexity index is 468. The zero-order chi connectivity index (χ0) is 12.8. The largest absolute Gasteiger partial charge is 0.399 e. The SMILES string of the molecule is Nc1ccc(CNC[C@H](O)c2ccccc2)cc1. The van der Waals surface area contributed by atoms with E-state index >= 15 is 0 Å². The summed E-state index contributed by atoms with van der Waals surface area (Å²) in [6.07, 6.45) is -0.472. The Morgan fingerprint density at radius 2 is 1.67 bits per heavy atom. The molecule has 3 nitrogen and oxygen atoms in total. The number of hydrogen-bond donors (Lipinski definition) is 3. The lowest BCUT2D eigenvalue weighted by molar-refractivity contribution is 0.174. The van der Waals surface area contributed by atoms with E-state index in [0.29, 0.717) is 6.54 Å². The third-order valence-electron chi connectivity index (χ3n) is 2.83. The highest BCUT2D eigenvalue weighted by molar-refractivity contribution is 5.39. The predicted molar refractivity (Wildman–Crippen MR) is 74.0 cm³/mol. The number of hydrogen-bond acceptors (Lipinski definition) is 3. The number of rotatable bonds is 5. The van der Waals surface area contributed by atoms with Crippen LogP contribution in [0.4, 0.5) is 5.69 Å². The van der Waals surface area contributed by atoms with E-state index in [9.17, 15) is 5.11 Å². The summed E-state index contributed by atoms with van der Waals surface area (Å²) in [7, 11) is 0. The molecule has 0 bridgehead atoms. The molecule has 2 aromatic rings. The van der Waals surface area contributed by atoms with Gasteiger partial charge in [0, 0.05) is 18.8 Å². The standard InChI is InChI=1S/C15H18N2O/c16-14-8-6-12(7-9-14)10-17-11-15(18)13-4-2-1-3-5-13/h1-9,15,17-18H,10-11,16H2/t15-/m0/s1. The van der Waals surface area contributed by atoms with Crippen molar-refractivity contribution < 1.29 is 5.11 Å². The van der Waals surface area contributed by atoms with Crippen LogP contribution in [0.2, 0.25) is 0 Å². The van der Waals surface area contributed by atoms with Crippen LogP contribution in [0.1, 0.15) is 17.2 Å². The molecular formula is C15H18N2O. The van der Waals surface area contributed by atoms with Crippen molar-refractivity contribution in [3.8, 4) is 0 Å². The summed E-state index contributed by atoms with van der Waals surface area (Å²) in [6, 6.07) is 17.4. The molecule has 0 saturated heterocycles. The minimum Gasteiger partial charge on any atom is -0.399 e. The van der Waals surface area contributed by atoms with Gasteiger partial charge in [-0.05, 0) is 23.3 Å². The molecule has 0 saturated carbocycles. The summed E-state index contributed by atoms with van der Waals surface area (Å²) in [5.41, 5.74) is 8.48. The Hall–Kier alpha value is -1.84. The maximum Gasteiger partial charge on any atom is 0.0914 e. The van der Waals surface area contributed by atoms with Gasteiger partial charge in [0.2, 0.25) is 0 Å². The molecule has 1 atom stereocenters. The van der Waals surface area contributed by atoms with Crippen LogP contribution in [0.15, 0.2) is 54.6 Å². The molecule has 4 N–H and O–H groups in total. The van der Waals surface area contributed by atoms with Crippen LogP contribution in [0, 0.1) is 0 Å². The third kappa shape index (κ3) is 3.58. The summed E-state index contributed by atoms with van der Waals surface area (Å²) < 4.78 is 0. The van der Waals surface area contributed by atoms with Crippen LogP contribution < -0.4 is 11.1 Å². The molecule has 0 aromatic heterocycles. The van der Waals surface area contributed by atoms with E-state index in [1.807, 2.05) is 54.6 Å². The predicted octanol–water partition coefficient (Wildman–Crippen LogP) is 2.09. The van der Waals surface area contributed by atoms with Gasteiger partial charge in [0.05, 0.1) is 6.10 Å². The first kappa shape index (κ1) is 12.6. The van der Waals surface area contributed by atoms with Crippen molar-refractivity contribution in [2.24, 2.45) is 0 Å². The van der Waals surface area contributed by atoms with Crippen molar-refractivity contribution in [3.05, 3.63) is 65.7 Å². The van der Waals surface area contributed by atoms with Crippen molar-refractivity contribution >= 4 is 5.69 Å². The van der Waals surface area contributed by atoms with Gasteiger partial charge in [-0.25, -0.2) is 0 Å². The Labute approximate surface area is 107 Å². The second-order valence-corrected chi connectivity index (χ2v) is 4.30. The van der Waals surface area contributed by atoms with E-state index in [1.165, 1.54) is 0 Å². The first-order chi connectivity index (χ1) is 8.75. The molecule has 0 spiro atoms. The van der Waals surface area contributed by atoms with Crippen molar-refractivity contribution in [3.63, 3.8) is 0 Å². The molecule has 0 aliphatic carbocycles. The van der Waals surface area contributed by atoms with Gasteiger partial charge in [0.25, 0.3) is 0 Å². The summed E-state index contributed by atoms with van der Waals surface area (Å²) >= 11 is 0. The maximum atomic E-state index is 9.96. The molecule has 0 amide bonds. The molecule has 18 heavy (non-hydrogen) atoms. The summed E-state index contributed by atoms with van der Waals surface area (Å²) in [4.78, 5) is 0. The van der Waals surface area contributed by atoms with E-state index in [4.69, 9.17) is 5.73 Å². The van der Waals surface area contributed by atoms with Crippen LogP contribution in [-0.4, -0.2) is 11.7 Å². The Morgan fingerprint density at radius 3 is 2.33 bits per heavy atom. The fourth-order valence-electron chi connectivity index (χ4n) is 1.78. The van der Waals surface area contributed by atoms with E-state index in [2.05, 4.69) is 5.32 Å². The molecule has 0 heterocycles. The van der Waals surface area contributed by atoms with Gasteiger partial charge in [0.1, 0.15) is 0 Å². The van der Waals surface area contributed by atoms with Crippen molar-refractivity contribution in [2.45, 2.75) is 12.6 Å². The molecule has 0 aliphatic rings. The highest BCUT2D eigenvalue weighted by Gasteiger charge is 2.05. The maximum absolute atomic E-state index is 9.96. The average Bonchev–Trinajstić information content (AvgIpc) is 2.42. The van der Waals surface area contributed by atoms with Gasteiger partial charge in [-0.15, -0.1) is 0 Å². The zero-order valence-electron chi connectivity index (χ0n) is 10.2. The molecule has 0 radical (unpaired) electrons. The van der Waals surface area contributed by atoms with Crippen LogP contribution in [-0.2, 0) is 6.54 Å². The number of nitrogens with two attached hydrogens (primary N) is 1. The number of nitrogen functional groups attached to an aromatic ring is 1. The molecule has 0 fully saturated rings. The Morgan fingerprint density at radius 1 is 1.00 bits per heavy atom. The molecule has 2 rings (SSSR count). The average molecular weight is 242 g/mol. The van der Waals surface area contributed by atoms with Crippen molar-refractivity contribution in [1.82, 2.24) is 5.32 Å². The van der Waals surface area contributed by atoms with E-state index in [-0.39, 0.29) is 0 Å². The van der Waals surface area contributed by atoms with Gasteiger partial charge in [0.15, 0.2) is 0 Å². The number of nitrogens with one attached hydrogen (secondary N) is 1. The minimum absolute atomic E-state index is 0.472. The van der Waals surface area contributed by atoms with Gasteiger partial charge in [-0.2, -0.15) is 0 Å². The molecule has 0 aliphatic heterocycles. The summed E-state index contributed by atoms with van der Waals surface area (Å²) in [5, 5.41) is 13.2. The van der Waals surface area contributed by atoms with Gasteiger partial charge >= 0.3 is 0 Å². The van der Waals surface area contributed by atoms with Crippen LogP contribution in [0.5, 0.6) is 0 Å². The summed E-state index contributed by atoms with van der Waals surface area (Å²) in [6.45, 7) is 1.26. The van der Waals surface area contributed by atoms with Gasteiger partial charge in [-0.1, -0.05) is 42.5 Å². The number of aliphatic hydroxyl groups excluding tert-OH is 1. The fraction of sp³-hybridized carbons (Fsp3) is 0.200. The lowest BCUT2D eigenvalue weighted by Crippen LogP contribution is -2.21. The normalized spacial score (nSPS) is 12.3. The number of aliphatic hydroxyl groups is 1. The monoisotopic (exact) mass is 242 g/mol. The first-order valence-corrected chi connectivity index (χ1v) is 6.04. The summed E-state index contributed by atoms with van der Waals surface area (Å²) in [5.74, 6) is 0. The van der Waals surface area contributed by atoms with E-state index in [0.717, 1.165) is 23.4 Å². The smallest absolute Gasteiger partial charge is 0.0914 e. The van der Waals surface area contributed by atoms with Crippen LogP contribution in [0.3, 0.4) is 0 Å². The van der Waals surface area contributed by atoms with Crippen molar-refractivity contribution in [2.75, 3.05) is 12.3 Å². The van der Waals surface area contributed by atoms with E-state index in [1.54, 1.807) is 0 Å². The lowest BCUT2D eigenvalue weighted by Gasteiger charge is -2.12. The lowest BCUT2D eigenvalue weighted by atomic mass is 10.1. The fourth-order valence-corrected chi connectivity index (χ4v) is 1.78. The Balaban J connectivity index is 1.80. The molecule has 94 valence electrons. The Kier molecular flexibility index (Phi) is 4.34. The highest BCUT2D eigenvalue weighted by Crippen LogP contribution is 2.11. The number of benzene rings is 2. The quantitative estimate of drug-likeness (QED) is 0.704. The van der Waals surface area contributed by atoms with Gasteiger partial charge in [-0.3, -0.25) is 0 Å². The van der Waals surface area contributed by atoms with Crippen LogP contribution >= 0.6 is 0 Å². The first-order valence-electron chi connectivity index (χ1n) is 6.04. The molecule has 0 unspecified atom stereocenters. The third-order valence-corrected chi connectivity index (χ3v) is 2.83. The van der Waals surface area contributed by atoms with Crippen molar-refractivity contribution in [1.29, 1.82) is 0 Å². The second-order valence-electron chi connectivity index (χ2n) is 4.30. The topological polar surface area (TPSA) is 58.3 Å². The molecular weight excluding hydrogens is 224 g/mol. The molecule has 3 heteroatoms. The number of anilines is 1. The van der Waals surface area contributed by atoms with Crippen LogP contribution in [0.25, 0.3) is 0 Å². The molecule has 2 aromatic carbocycles. The van der Waals surface area contributed by atoms with E-state index < -0.39 is 6.10 Å². The minimum atomic E-state index is -0.472. The van der Waals surface area contributed by atoms with Gasteiger partial charge < -0.3 is 16.2 Å². The zero-order valence-corrected chi connectivity index (χ0v) is 10.2.